The summed E-state index contributed by atoms with van der Waals surface area (Å²) in [5.74, 6) is 1.80. The topological polar surface area (TPSA) is 20.2 Å². The summed E-state index contributed by atoms with van der Waals surface area (Å²) in [5.41, 5.74) is 2.33. The van der Waals surface area contributed by atoms with Gasteiger partial charge in [0.15, 0.2) is 0 Å². The van der Waals surface area contributed by atoms with Crippen LogP contribution in [0.5, 0.6) is 0 Å². The van der Waals surface area contributed by atoms with Crippen molar-refractivity contribution < 1.29 is 5.11 Å². The van der Waals surface area contributed by atoms with Gasteiger partial charge in [-0.25, -0.2) is 0 Å². The minimum absolute atomic E-state index is 0.425. The lowest BCUT2D eigenvalue weighted by Crippen LogP contribution is -2.43. The zero-order valence-corrected chi connectivity index (χ0v) is 15.1. The SMILES string of the molecule is CC(C)=CCC/C(C)=C/C[C@@]1(O)C[C@@H](C(C)C)CC[C@@H]1C. The van der Waals surface area contributed by atoms with Crippen LogP contribution in [-0.2, 0) is 0 Å². The highest BCUT2D eigenvalue weighted by molar-refractivity contribution is 5.06. The highest BCUT2D eigenvalue weighted by atomic mass is 16.3. The zero-order chi connectivity index (χ0) is 16.0. The Bertz CT molecular complexity index is 373. The van der Waals surface area contributed by atoms with Gasteiger partial charge in [0.05, 0.1) is 5.60 Å². The Morgan fingerprint density at radius 1 is 1.19 bits per heavy atom. The molecule has 0 spiro atoms. The lowest BCUT2D eigenvalue weighted by Gasteiger charge is -2.43. The lowest BCUT2D eigenvalue weighted by molar-refractivity contribution is -0.0639. The molecule has 0 unspecified atom stereocenters. The molecule has 0 heterocycles. The molecule has 122 valence electrons. The maximum Gasteiger partial charge on any atom is 0.0710 e. The van der Waals surface area contributed by atoms with Gasteiger partial charge in [-0.1, -0.05) is 44.1 Å². The highest BCUT2D eigenvalue weighted by Crippen LogP contribution is 2.42. The Morgan fingerprint density at radius 3 is 2.43 bits per heavy atom. The second kappa shape index (κ2) is 8.17. The first-order valence-electron chi connectivity index (χ1n) is 8.76. The fourth-order valence-corrected chi connectivity index (χ4v) is 3.39. The van der Waals surface area contributed by atoms with Crippen molar-refractivity contribution in [3.05, 3.63) is 23.3 Å². The summed E-state index contributed by atoms with van der Waals surface area (Å²) in [7, 11) is 0. The van der Waals surface area contributed by atoms with E-state index in [1.165, 1.54) is 24.0 Å². The Morgan fingerprint density at radius 2 is 1.86 bits per heavy atom. The molecule has 1 aliphatic carbocycles. The number of aliphatic hydroxyl groups is 1. The molecular formula is C20H36O. The molecule has 0 aromatic heterocycles. The molecule has 0 aromatic carbocycles. The van der Waals surface area contributed by atoms with E-state index < -0.39 is 5.60 Å². The predicted octanol–water partition coefficient (Wildman–Crippen LogP) is 5.89. The Labute approximate surface area is 132 Å². The normalized spacial score (nSPS) is 30.6. The van der Waals surface area contributed by atoms with Gasteiger partial charge in [-0.05, 0) is 77.0 Å². The van der Waals surface area contributed by atoms with Crippen molar-refractivity contribution in [2.45, 2.75) is 85.7 Å². The monoisotopic (exact) mass is 292 g/mol. The minimum atomic E-state index is -0.481. The molecule has 0 bridgehead atoms. The van der Waals surface area contributed by atoms with Crippen LogP contribution in [-0.4, -0.2) is 10.7 Å². The van der Waals surface area contributed by atoms with Crippen molar-refractivity contribution in [3.8, 4) is 0 Å². The third kappa shape index (κ3) is 5.98. The molecule has 0 radical (unpaired) electrons. The van der Waals surface area contributed by atoms with Gasteiger partial charge in [0.25, 0.3) is 0 Å². The number of allylic oxidation sites excluding steroid dienone is 3. The fraction of sp³-hybridized carbons (Fsp3) is 0.800. The molecular weight excluding hydrogens is 256 g/mol. The van der Waals surface area contributed by atoms with E-state index in [1.807, 2.05) is 0 Å². The zero-order valence-electron chi connectivity index (χ0n) is 15.1. The third-order valence-electron chi connectivity index (χ3n) is 5.34. The first kappa shape index (κ1) is 18.5. The molecule has 0 aromatic rings. The summed E-state index contributed by atoms with van der Waals surface area (Å²) >= 11 is 0. The summed E-state index contributed by atoms with van der Waals surface area (Å²) in [6.07, 6.45) is 11.1. The summed E-state index contributed by atoms with van der Waals surface area (Å²) in [5, 5.41) is 11.1. The van der Waals surface area contributed by atoms with Gasteiger partial charge in [0.2, 0.25) is 0 Å². The standard InChI is InChI=1S/C20H36O/c1-15(2)8-7-9-17(5)12-13-20(21)14-19(16(3)4)11-10-18(20)6/h8,12,16,18-19,21H,7,9-11,13-14H2,1-6H3/b17-12+/t18-,19-,20+/m0/s1. The van der Waals surface area contributed by atoms with Crippen LogP contribution in [0.2, 0.25) is 0 Å². The largest absolute Gasteiger partial charge is 0.389 e. The van der Waals surface area contributed by atoms with E-state index in [2.05, 4.69) is 53.7 Å². The van der Waals surface area contributed by atoms with E-state index in [4.69, 9.17) is 0 Å². The molecule has 1 heteroatoms. The molecule has 0 saturated heterocycles. The number of hydrogen-bond acceptors (Lipinski definition) is 1. The van der Waals surface area contributed by atoms with Gasteiger partial charge in [-0.2, -0.15) is 0 Å². The van der Waals surface area contributed by atoms with Crippen molar-refractivity contribution in [1.82, 2.24) is 0 Å². The maximum atomic E-state index is 11.1. The van der Waals surface area contributed by atoms with Gasteiger partial charge < -0.3 is 5.11 Å². The van der Waals surface area contributed by atoms with Gasteiger partial charge >= 0.3 is 0 Å². The van der Waals surface area contributed by atoms with E-state index in [-0.39, 0.29) is 0 Å². The number of hydrogen-bond donors (Lipinski definition) is 1. The quantitative estimate of drug-likeness (QED) is 0.605. The van der Waals surface area contributed by atoms with Crippen molar-refractivity contribution in [1.29, 1.82) is 0 Å². The van der Waals surface area contributed by atoms with E-state index >= 15 is 0 Å². The van der Waals surface area contributed by atoms with Crippen LogP contribution in [0.25, 0.3) is 0 Å². The van der Waals surface area contributed by atoms with Gasteiger partial charge in [0, 0.05) is 0 Å². The van der Waals surface area contributed by atoms with Gasteiger partial charge in [-0.3, -0.25) is 0 Å². The van der Waals surface area contributed by atoms with E-state index in [9.17, 15) is 5.11 Å². The molecule has 21 heavy (non-hydrogen) atoms. The summed E-state index contributed by atoms with van der Waals surface area (Å²) < 4.78 is 0. The van der Waals surface area contributed by atoms with Crippen molar-refractivity contribution in [2.24, 2.45) is 17.8 Å². The molecule has 1 N–H and O–H groups in total. The van der Waals surface area contributed by atoms with Gasteiger partial charge in [0.1, 0.15) is 0 Å². The first-order chi connectivity index (χ1) is 9.74. The second-order valence-electron chi connectivity index (χ2n) is 7.86. The van der Waals surface area contributed by atoms with Crippen LogP contribution in [0.15, 0.2) is 23.3 Å². The van der Waals surface area contributed by atoms with Crippen LogP contribution in [0, 0.1) is 17.8 Å². The average molecular weight is 293 g/mol. The Hall–Kier alpha value is -0.560. The van der Waals surface area contributed by atoms with E-state index in [1.54, 1.807) is 0 Å². The van der Waals surface area contributed by atoms with Crippen LogP contribution < -0.4 is 0 Å². The van der Waals surface area contributed by atoms with Crippen LogP contribution in [0.4, 0.5) is 0 Å². The fourth-order valence-electron chi connectivity index (χ4n) is 3.39. The average Bonchev–Trinajstić information content (AvgIpc) is 2.39. The highest BCUT2D eigenvalue weighted by Gasteiger charge is 2.39. The van der Waals surface area contributed by atoms with E-state index in [0.717, 1.165) is 25.7 Å². The van der Waals surface area contributed by atoms with Crippen LogP contribution in [0.3, 0.4) is 0 Å². The van der Waals surface area contributed by atoms with Crippen molar-refractivity contribution in [2.75, 3.05) is 0 Å². The Kier molecular flexibility index (Phi) is 7.20. The van der Waals surface area contributed by atoms with Crippen molar-refractivity contribution >= 4 is 0 Å². The molecule has 1 nitrogen and oxygen atoms in total. The number of rotatable bonds is 6. The van der Waals surface area contributed by atoms with Crippen molar-refractivity contribution in [3.63, 3.8) is 0 Å². The minimum Gasteiger partial charge on any atom is -0.389 e. The van der Waals surface area contributed by atoms with Crippen LogP contribution >= 0.6 is 0 Å². The smallest absolute Gasteiger partial charge is 0.0710 e. The molecule has 0 amide bonds. The third-order valence-corrected chi connectivity index (χ3v) is 5.34. The maximum absolute atomic E-state index is 11.1. The Balaban J connectivity index is 2.59. The molecule has 1 rings (SSSR count). The molecule has 1 fully saturated rings. The van der Waals surface area contributed by atoms with Gasteiger partial charge in [-0.15, -0.1) is 0 Å². The molecule has 1 aliphatic rings. The predicted molar refractivity (Wildman–Crippen MR) is 93.3 cm³/mol. The summed E-state index contributed by atoms with van der Waals surface area (Å²) in [6, 6.07) is 0. The molecule has 1 saturated carbocycles. The molecule has 0 aliphatic heterocycles. The van der Waals surface area contributed by atoms with Crippen LogP contribution in [0.1, 0.15) is 80.1 Å². The molecule has 3 atom stereocenters. The first-order valence-corrected chi connectivity index (χ1v) is 8.76. The van der Waals surface area contributed by atoms with E-state index in [0.29, 0.717) is 17.8 Å². The summed E-state index contributed by atoms with van der Waals surface area (Å²) in [6.45, 7) is 13.3. The second-order valence-corrected chi connectivity index (χ2v) is 7.86. The summed E-state index contributed by atoms with van der Waals surface area (Å²) in [4.78, 5) is 0. The lowest BCUT2D eigenvalue weighted by atomic mass is 9.67.